The highest BCUT2D eigenvalue weighted by atomic mass is 15.2. The fraction of sp³-hybridized carbons (Fsp3) is 0.760. The molecule has 0 amide bonds. The monoisotopic (exact) mass is 383 g/mol. The van der Waals surface area contributed by atoms with Crippen molar-refractivity contribution in [2.24, 2.45) is 5.92 Å². The second-order valence-electron chi connectivity index (χ2n) is 9.67. The Labute approximate surface area is 172 Å². The summed E-state index contributed by atoms with van der Waals surface area (Å²) >= 11 is 0. The maximum absolute atomic E-state index is 3.71. The summed E-state index contributed by atoms with van der Waals surface area (Å²) in [7, 11) is 0. The van der Waals surface area contributed by atoms with E-state index < -0.39 is 0 Å². The van der Waals surface area contributed by atoms with E-state index in [1.54, 1.807) is 0 Å². The predicted molar refractivity (Wildman–Crippen MR) is 121 cm³/mol. The van der Waals surface area contributed by atoms with Gasteiger partial charge in [-0.2, -0.15) is 0 Å². The van der Waals surface area contributed by atoms with Crippen LogP contribution in [0.25, 0.3) is 0 Å². The Balaban J connectivity index is 1.26. The lowest BCUT2D eigenvalue weighted by atomic mass is 9.87. The maximum atomic E-state index is 3.71. The van der Waals surface area contributed by atoms with Crippen molar-refractivity contribution in [3.8, 4) is 0 Å². The van der Waals surface area contributed by atoms with Gasteiger partial charge >= 0.3 is 0 Å². The van der Waals surface area contributed by atoms with Crippen molar-refractivity contribution in [3.05, 3.63) is 23.8 Å². The van der Waals surface area contributed by atoms with Gasteiger partial charge in [0.1, 0.15) is 0 Å². The van der Waals surface area contributed by atoms with Crippen LogP contribution in [0.2, 0.25) is 0 Å². The zero-order chi connectivity index (χ0) is 19.3. The third kappa shape index (κ3) is 4.84. The van der Waals surface area contributed by atoms with Crippen LogP contribution in [0, 0.1) is 12.8 Å². The molecule has 3 nitrogen and oxygen atoms in total. The van der Waals surface area contributed by atoms with Gasteiger partial charge in [-0.3, -0.25) is 4.90 Å². The lowest BCUT2D eigenvalue weighted by molar-refractivity contribution is 0.163. The molecule has 3 heteroatoms. The highest BCUT2D eigenvalue weighted by Crippen LogP contribution is 2.30. The summed E-state index contributed by atoms with van der Waals surface area (Å²) in [6.07, 6.45) is 14.0. The highest BCUT2D eigenvalue weighted by Gasteiger charge is 2.30. The van der Waals surface area contributed by atoms with Crippen molar-refractivity contribution < 1.29 is 0 Å². The smallest absolute Gasteiger partial charge is 0.0371 e. The number of hydrogen-bond donors (Lipinski definition) is 1. The Morgan fingerprint density at radius 3 is 2.39 bits per heavy atom. The van der Waals surface area contributed by atoms with E-state index >= 15 is 0 Å². The molecule has 0 unspecified atom stereocenters. The van der Waals surface area contributed by atoms with Crippen LogP contribution in [-0.2, 0) is 0 Å². The first kappa shape index (κ1) is 20.1. The molecular formula is C25H41N3. The summed E-state index contributed by atoms with van der Waals surface area (Å²) in [5.41, 5.74) is 4.15. The van der Waals surface area contributed by atoms with Gasteiger partial charge in [0.05, 0.1) is 0 Å². The fourth-order valence-corrected chi connectivity index (χ4v) is 5.88. The van der Waals surface area contributed by atoms with E-state index in [4.69, 9.17) is 0 Å². The third-order valence-corrected chi connectivity index (χ3v) is 7.71. The van der Waals surface area contributed by atoms with E-state index in [1.165, 1.54) is 101 Å². The molecular weight excluding hydrogens is 342 g/mol. The summed E-state index contributed by atoms with van der Waals surface area (Å²) < 4.78 is 0. The van der Waals surface area contributed by atoms with Gasteiger partial charge < -0.3 is 10.2 Å². The highest BCUT2D eigenvalue weighted by molar-refractivity contribution is 5.60. The molecule has 1 N–H and O–H groups in total. The van der Waals surface area contributed by atoms with Gasteiger partial charge in [0.15, 0.2) is 0 Å². The SMILES string of the molecule is Cc1cc(N2CCC(N3CCC[C@@H]3C)CC2)ccc1NCCC1CCCCC1. The molecule has 3 aliphatic rings. The molecule has 0 radical (unpaired) electrons. The molecule has 1 aliphatic carbocycles. The minimum atomic E-state index is 0.803. The molecule has 2 heterocycles. The zero-order valence-electron chi connectivity index (χ0n) is 18.3. The molecule has 1 aromatic rings. The number of likely N-dealkylation sites (tertiary alicyclic amines) is 1. The number of anilines is 2. The second kappa shape index (κ2) is 9.52. The summed E-state index contributed by atoms with van der Waals surface area (Å²) in [5, 5.41) is 3.71. The number of benzene rings is 1. The van der Waals surface area contributed by atoms with Crippen LogP contribution in [0.1, 0.15) is 76.7 Å². The zero-order valence-corrected chi connectivity index (χ0v) is 18.3. The Morgan fingerprint density at radius 2 is 1.71 bits per heavy atom. The minimum Gasteiger partial charge on any atom is -0.385 e. The van der Waals surface area contributed by atoms with E-state index in [9.17, 15) is 0 Å². The number of rotatable bonds is 6. The first-order valence-corrected chi connectivity index (χ1v) is 12.1. The molecule has 156 valence electrons. The quantitative estimate of drug-likeness (QED) is 0.666. The number of aryl methyl sites for hydroxylation is 1. The van der Waals surface area contributed by atoms with Crippen LogP contribution >= 0.6 is 0 Å². The van der Waals surface area contributed by atoms with Crippen molar-refractivity contribution in [1.82, 2.24) is 4.90 Å². The standard InChI is InChI=1S/C25H41N3/c1-20-19-24(10-11-25(20)26-15-12-22-8-4-3-5-9-22)27-17-13-23(14-18-27)28-16-6-7-21(28)2/h10-11,19,21-23,26H,3-9,12-18H2,1-2H3/t21-/m0/s1. The van der Waals surface area contributed by atoms with E-state index in [-0.39, 0.29) is 0 Å². The van der Waals surface area contributed by atoms with E-state index in [1.807, 2.05) is 0 Å². The molecule has 4 rings (SSSR count). The molecule has 2 aliphatic heterocycles. The van der Waals surface area contributed by atoms with Gasteiger partial charge in [0.25, 0.3) is 0 Å². The molecule has 1 aromatic carbocycles. The van der Waals surface area contributed by atoms with Gasteiger partial charge in [0.2, 0.25) is 0 Å². The van der Waals surface area contributed by atoms with Crippen LogP contribution in [-0.4, -0.2) is 43.2 Å². The summed E-state index contributed by atoms with van der Waals surface area (Å²) in [6.45, 7) is 9.56. The van der Waals surface area contributed by atoms with Crippen molar-refractivity contribution >= 4 is 11.4 Å². The molecule has 3 fully saturated rings. The van der Waals surface area contributed by atoms with Crippen molar-refractivity contribution in [3.63, 3.8) is 0 Å². The maximum Gasteiger partial charge on any atom is 0.0371 e. The van der Waals surface area contributed by atoms with Crippen LogP contribution in [0.4, 0.5) is 11.4 Å². The average molecular weight is 384 g/mol. The molecule has 1 atom stereocenters. The van der Waals surface area contributed by atoms with E-state index in [0.29, 0.717) is 0 Å². The molecule has 0 aromatic heterocycles. The number of piperidine rings is 1. The van der Waals surface area contributed by atoms with Crippen LogP contribution in [0.5, 0.6) is 0 Å². The summed E-state index contributed by atoms with van der Waals surface area (Å²) in [4.78, 5) is 5.39. The number of nitrogens with zero attached hydrogens (tertiary/aromatic N) is 2. The predicted octanol–water partition coefficient (Wildman–Crippen LogP) is 5.83. The Hall–Kier alpha value is -1.22. The second-order valence-corrected chi connectivity index (χ2v) is 9.67. The van der Waals surface area contributed by atoms with Crippen LogP contribution < -0.4 is 10.2 Å². The number of hydrogen-bond acceptors (Lipinski definition) is 3. The molecule has 1 saturated carbocycles. The van der Waals surface area contributed by atoms with Crippen molar-refractivity contribution in [2.45, 2.75) is 90.1 Å². The number of nitrogens with one attached hydrogen (secondary N) is 1. The Morgan fingerprint density at radius 1 is 0.929 bits per heavy atom. The van der Waals surface area contributed by atoms with Crippen LogP contribution in [0.15, 0.2) is 18.2 Å². The molecule has 0 bridgehead atoms. The van der Waals surface area contributed by atoms with Crippen molar-refractivity contribution in [1.29, 1.82) is 0 Å². The average Bonchev–Trinajstić information content (AvgIpc) is 3.16. The van der Waals surface area contributed by atoms with Gasteiger partial charge in [-0.25, -0.2) is 0 Å². The van der Waals surface area contributed by atoms with E-state index in [0.717, 1.165) is 24.5 Å². The Bertz CT molecular complexity index is 614. The van der Waals surface area contributed by atoms with Gasteiger partial charge in [-0.1, -0.05) is 32.1 Å². The third-order valence-electron chi connectivity index (χ3n) is 7.71. The summed E-state index contributed by atoms with van der Waals surface area (Å²) in [6, 6.07) is 8.68. The first-order valence-electron chi connectivity index (χ1n) is 12.1. The Kier molecular flexibility index (Phi) is 6.82. The largest absolute Gasteiger partial charge is 0.385 e. The van der Waals surface area contributed by atoms with Crippen LogP contribution in [0.3, 0.4) is 0 Å². The van der Waals surface area contributed by atoms with E-state index in [2.05, 4.69) is 47.2 Å². The van der Waals surface area contributed by atoms with Gasteiger partial charge in [-0.15, -0.1) is 0 Å². The summed E-state index contributed by atoms with van der Waals surface area (Å²) in [5.74, 6) is 0.959. The van der Waals surface area contributed by atoms with Gasteiger partial charge in [-0.05, 0) is 82.2 Å². The topological polar surface area (TPSA) is 18.5 Å². The lowest BCUT2D eigenvalue weighted by Gasteiger charge is -2.39. The lowest BCUT2D eigenvalue weighted by Crippen LogP contribution is -2.46. The van der Waals surface area contributed by atoms with Gasteiger partial charge in [0, 0.05) is 43.1 Å². The molecule has 28 heavy (non-hydrogen) atoms. The first-order chi connectivity index (χ1) is 13.7. The minimum absolute atomic E-state index is 0.803. The van der Waals surface area contributed by atoms with Crippen molar-refractivity contribution in [2.75, 3.05) is 36.4 Å². The molecule has 2 saturated heterocycles. The molecule has 0 spiro atoms. The normalized spacial score (nSPS) is 25.4. The fourth-order valence-electron chi connectivity index (χ4n) is 5.88.